The summed E-state index contributed by atoms with van der Waals surface area (Å²) in [4.78, 5) is 0. The van der Waals surface area contributed by atoms with Crippen molar-refractivity contribution in [1.29, 1.82) is 0 Å². The summed E-state index contributed by atoms with van der Waals surface area (Å²) in [5.41, 5.74) is 3.71. The maximum absolute atomic E-state index is 5.81. The van der Waals surface area contributed by atoms with Crippen LogP contribution in [-0.2, 0) is 6.54 Å². The van der Waals surface area contributed by atoms with Crippen molar-refractivity contribution in [3.63, 3.8) is 0 Å². The molecule has 0 fully saturated rings. The molecule has 2 rings (SSSR count). The minimum absolute atomic E-state index is 0.160. The van der Waals surface area contributed by atoms with Gasteiger partial charge in [-0.2, -0.15) is 5.10 Å². The van der Waals surface area contributed by atoms with Crippen LogP contribution < -0.4 is 5.32 Å². The molecule has 0 saturated carbocycles. The summed E-state index contributed by atoms with van der Waals surface area (Å²) >= 11 is 0. The monoisotopic (exact) mass is 289 g/mol. The Morgan fingerprint density at radius 2 is 1.95 bits per heavy atom. The van der Waals surface area contributed by atoms with Gasteiger partial charge in [0, 0.05) is 23.9 Å². The highest BCUT2D eigenvalue weighted by atomic mass is 16.3. The lowest BCUT2D eigenvalue weighted by atomic mass is 9.97. The zero-order valence-corrected chi connectivity index (χ0v) is 13.9. The molecule has 0 saturated heterocycles. The van der Waals surface area contributed by atoms with Gasteiger partial charge >= 0.3 is 0 Å². The minimum Gasteiger partial charge on any atom is -0.466 e. The summed E-state index contributed by atoms with van der Waals surface area (Å²) < 4.78 is 7.84. The van der Waals surface area contributed by atoms with Gasteiger partial charge in [0.05, 0.1) is 12.2 Å². The Morgan fingerprint density at radius 1 is 1.19 bits per heavy atom. The maximum Gasteiger partial charge on any atom is 0.106 e. The van der Waals surface area contributed by atoms with Crippen molar-refractivity contribution < 1.29 is 4.42 Å². The zero-order valence-electron chi connectivity index (χ0n) is 13.9. The van der Waals surface area contributed by atoms with Crippen molar-refractivity contribution >= 4 is 0 Å². The first-order valence-electron chi connectivity index (χ1n) is 7.90. The van der Waals surface area contributed by atoms with E-state index < -0.39 is 0 Å². The molecule has 1 atom stereocenters. The van der Waals surface area contributed by atoms with Crippen LogP contribution in [0.2, 0.25) is 0 Å². The SMILES string of the molecule is CCCNC(c1cnn(CCC)c1)c1c(C)oc(C)c1C. The van der Waals surface area contributed by atoms with E-state index in [0.29, 0.717) is 0 Å². The van der Waals surface area contributed by atoms with Crippen molar-refractivity contribution in [2.75, 3.05) is 6.54 Å². The number of aryl methyl sites for hydroxylation is 3. The quantitative estimate of drug-likeness (QED) is 0.840. The van der Waals surface area contributed by atoms with Crippen LogP contribution in [-0.4, -0.2) is 16.3 Å². The van der Waals surface area contributed by atoms with Crippen LogP contribution in [0, 0.1) is 20.8 Å². The molecule has 2 heterocycles. The van der Waals surface area contributed by atoms with Crippen molar-refractivity contribution in [3.05, 3.63) is 40.6 Å². The fraction of sp³-hybridized carbons (Fsp3) is 0.588. The summed E-state index contributed by atoms with van der Waals surface area (Å²) in [6.07, 6.45) is 6.33. The molecule has 0 amide bonds. The fourth-order valence-electron chi connectivity index (χ4n) is 2.79. The second-order valence-electron chi connectivity index (χ2n) is 5.68. The lowest BCUT2D eigenvalue weighted by molar-refractivity contribution is 0.492. The Balaban J connectivity index is 2.37. The van der Waals surface area contributed by atoms with E-state index in [-0.39, 0.29) is 6.04 Å². The van der Waals surface area contributed by atoms with Gasteiger partial charge in [0.25, 0.3) is 0 Å². The van der Waals surface area contributed by atoms with Crippen molar-refractivity contribution in [1.82, 2.24) is 15.1 Å². The summed E-state index contributed by atoms with van der Waals surface area (Å²) in [5, 5.41) is 8.11. The Morgan fingerprint density at radius 3 is 2.52 bits per heavy atom. The Kier molecular flexibility index (Phi) is 5.23. The molecule has 0 aliphatic heterocycles. The van der Waals surface area contributed by atoms with Crippen LogP contribution in [0.1, 0.15) is 60.9 Å². The van der Waals surface area contributed by atoms with Crippen molar-refractivity contribution in [2.45, 2.75) is 60.0 Å². The van der Waals surface area contributed by atoms with E-state index >= 15 is 0 Å². The topological polar surface area (TPSA) is 43.0 Å². The van der Waals surface area contributed by atoms with Crippen LogP contribution in [0.5, 0.6) is 0 Å². The lowest BCUT2D eigenvalue weighted by Crippen LogP contribution is -2.23. The van der Waals surface area contributed by atoms with Crippen molar-refractivity contribution in [2.24, 2.45) is 0 Å². The average molecular weight is 289 g/mol. The van der Waals surface area contributed by atoms with Crippen LogP contribution in [0.3, 0.4) is 0 Å². The second kappa shape index (κ2) is 6.94. The molecular weight excluding hydrogens is 262 g/mol. The molecular formula is C17H27N3O. The maximum atomic E-state index is 5.81. The fourth-order valence-corrected chi connectivity index (χ4v) is 2.79. The normalized spacial score (nSPS) is 12.8. The number of rotatable bonds is 7. The second-order valence-corrected chi connectivity index (χ2v) is 5.68. The molecule has 2 aromatic rings. The van der Waals surface area contributed by atoms with E-state index in [1.165, 1.54) is 16.7 Å². The third-order valence-corrected chi connectivity index (χ3v) is 3.94. The molecule has 0 aliphatic carbocycles. The molecule has 21 heavy (non-hydrogen) atoms. The van der Waals surface area contributed by atoms with Gasteiger partial charge < -0.3 is 9.73 Å². The average Bonchev–Trinajstić information content (AvgIpc) is 3.00. The smallest absolute Gasteiger partial charge is 0.106 e. The predicted molar refractivity (Wildman–Crippen MR) is 85.6 cm³/mol. The highest BCUT2D eigenvalue weighted by Crippen LogP contribution is 2.31. The highest BCUT2D eigenvalue weighted by Gasteiger charge is 2.23. The van der Waals surface area contributed by atoms with E-state index in [0.717, 1.165) is 37.5 Å². The van der Waals surface area contributed by atoms with E-state index in [1.807, 2.05) is 24.7 Å². The third kappa shape index (κ3) is 3.38. The zero-order chi connectivity index (χ0) is 15.4. The molecule has 0 radical (unpaired) electrons. The number of hydrogen-bond acceptors (Lipinski definition) is 3. The lowest BCUT2D eigenvalue weighted by Gasteiger charge is -2.18. The third-order valence-electron chi connectivity index (χ3n) is 3.94. The Bertz CT molecular complexity index is 583. The first-order valence-corrected chi connectivity index (χ1v) is 7.90. The van der Waals surface area contributed by atoms with Gasteiger partial charge in [-0.05, 0) is 45.7 Å². The van der Waals surface area contributed by atoms with Gasteiger partial charge in [0.1, 0.15) is 11.5 Å². The van der Waals surface area contributed by atoms with Crippen LogP contribution >= 0.6 is 0 Å². The van der Waals surface area contributed by atoms with Gasteiger partial charge in [-0.15, -0.1) is 0 Å². The first kappa shape index (κ1) is 15.8. The number of nitrogens with one attached hydrogen (secondary N) is 1. The molecule has 2 aromatic heterocycles. The van der Waals surface area contributed by atoms with E-state index in [1.54, 1.807) is 0 Å². The summed E-state index contributed by atoms with van der Waals surface area (Å²) in [6.45, 7) is 12.5. The molecule has 0 aliphatic rings. The van der Waals surface area contributed by atoms with Crippen LogP contribution in [0.25, 0.3) is 0 Å². The number of furan rings is 1. The Hall–Kier alpha value is -1.55. The molecule has 0 spiro atoms. The van der Waals surface area contributed by atoms with E-state index in [4.69, 9.17) is 4.42 Å². The first-order chi connectivity index (χ1) is 10.1. The van der Waals surface area contributed by atoms with Crippen LogP contribution in [0.4, 0.5) is 0 Å². The van der Waals surface area contributed by atoms with Gasteiger partial charge in [0.2, 0.25) is 0 Å². The summed E-state index contributed by atoms with van der Waals surface area (Å²) in [5.74, 6) is 2.01. The Labute approximate surface area is 127 Å². The molecule has 4 heteroatoms. The molecule has 0 bridgehead atoms. The molecule has 1 N–H and O–H groups in total. The molecule has 4 nitrogen and oxygen atoms in total. The minimum atomic E-state index is 0.160. The molecule has 1 unspecified atom stereocenters. The van der Waals surface area contributed by atoms with Gasteiger partial charge in [0.15, 0.2) is 0 Å². The van der Waals surface area contributed by atoms with Gasteiger partial charge in [-0.3, -0.25) is 4.68 Å². The summed E-state index contributed by atoms with van der Waals surface area (Å²) in [7, 11) is 0. The van der Waals surface area contributed by atoms with Gasteiger partial charge in [-0.25, -0.2) is 0 Å². The number of nitrogens with zero attached hydrogens (tertiary/aromatic N) is 2. The predicted octanol–water partition coefficient (Wildman–Crippen LogP) is 3.90. The highest BCUT2D eigenvalue weighted by molar-refractivity contribution is 5.39. The molecule has 0 aromatic carbocycles. The van der Waals surface area contributed by atoms with Crippen LogP contribution in [0.15, 0.2) is 16.8 Å². The van der Waals surface area contributed by atoms with E-state index in [2.05, 4.69) is 37.4 Å². The largest absolute Gasteiger partial charge is 0.466 e. The molecule has 116 valence electrons. The van der Waals surface area contributed by atoms with E-state index in [9.17, 15) is 0 Å². The standard InChI is InChI=1S/C17H27N3O/c1-6-8-18-17(15-10-19-20(11-15)9-7-2)16-12(3)13(4)21-14(16)5/h10-11,17-18H,6-9H2,1-5H3. The van der Waals surface area contributed by atoms with Crippen molar-refractivity contribution in [3.8, 4) is 0 Å². The number of hydrogen-bond donors (Lipinski definition) is 1. The number of aromatic nitrogens is 2. The summed E-state index contributed by atoms with van der Waals surface area (Å²) in [6, 6.07) is 0.160. The van der Waals surface area contributed by atoms with Gasteiger partial charge in [-0.1, -0.05) is 13.8 Å².